The van der Waals surface area contributed by atoms with Crippen molar-refractivity contribution in [2.24, 2.45) is 5.10 Å². The Kier molecular flexibility index (Phi) is 3.53. The molecule has 0 aromatic heterocycles. The van der Waals surface area contributed by atoms with Crippen molar-refractivity contribution in [1.29, 1.82) is 0 Å². The topological polar surface area (TPSA) is 18.8 Å². The number of amidine groups is 1. The van der Waals surface area contributed by atoms with E-state index in [0.29, 0.717) is 6.67 Å². The lowest BCUT2D eigenvalue weighted by Gasteiger charge is -2.29. The van der Waals surface area contributed by atoms with Gasteiger partial charge in [-0.25, -0.2) is 5.01 Å². The van der Waals surface area contributed by atoms with E-state index in [1.807, 2.05) is 0 Å². The van der Waals surface area contributed by atoms with Crippen molar-refractivity contribution in [3.8, 4) is 22.3 Å². The van der Waals surface area contributed by atoms with Gasteiger partial charge in [0.15, 0.2) is 5.84 Å². The number of nitrogens with zero attached hydrogens (tertiary/aromatic N) is 3. The second-order valence-electron chi connectivity index (χ2n) is 7.34. The summed E-state index contributed by atoms with van der Waals surface area (Å²) < 4.78 is 0. The molecule has 0 unspecified atom stereocenters. The summed E-state index contributed by atoms with van der Waals surface area (Å²) in [6, 6.07) is 36.2. The van der Waals surface area contributed by atoms with E-state index in [-0.39, 0.29) is 0 Å². The van der Waals surface area contributed by atoms with E-state index in [1.54, 1.807) is 0 Å². The molecule has 0 saturated heterocycles. The molecule has 3 nitrogen and oxygen atoms in total. The maximum absolute atomic E-state index is 5.08. The molecule has 138 valence electrons. The van der Waals surface area contributed by atoms with Crippen LogP contribution in [-0.4, -0.2) is 12.5 Å². The molecule has 29 heavy (non-hydrogen) atoms. The van der Waals surface area contributed by atoms with Crippen molar-refractivity contribution in [2.75, 3.05) is 16.6 Å². The third kappa shape index (κ3) is 2.48. The molecule has 6 rings (SSSR count). The van der Waals surface area contributed by atoms with Crippen LogP contribution in [0, 0.1) is 0 Å². The van der Waals surface area contributed by atoms with E-state index in [9.17, 15) is 0 Å². The number of rotatable bonds is 2. The zero-order valence-electron chi connectivity index (χ0n) is 15.9. The molecule has 2 aliphatic heterocycles. The van der Waals surface area contributed by atoms with Crippen LogP contribution in [0.1, 0.15) is 5.56 Å². The fourth-order valence-corrected chi connectivity index (χ4v) is 4.33. The molecule has 0 amide bonds. The van der Waals surface area contributed by atoms with Crippen LogP contribution < -0.4 is 9.91 Å². The van der Waals surface area contributed by atoms with Gasteiger partial charge in [-0.1, -0.05) is 91.0 Å². The van der Waals surface area contributed by atoms with Gasteiger partial charge in [0.25, 0.3) is 0 Å². The van der Waals surface area contributed by atoms with Gasteiger partial charge in [0.2, 0.25) is 0 Å². The lowest BCUT2D eigenvalue weighted by atomic mass is 9.93. The van der Waals surface area contributed by atoms with Gasteiger partial charge in [0.1, 0.15) is 6.67 Å². The largest absolute Gasteiger partial charge is 0.304 e. The summed E-state index contributed by atoms with van der Waals surface area (Å²) in [6.45, 7) is 0.699. The maximum Gasteiger partial charge on any atom is 0.163 e. The molecule has 0 spiro atoms. The number of hydrazone groups is 1. The van der Waals surface area contributed by atoms with Crippen LogP contribution in [0.15, 0.2) is 108 Å². The summed E-state index contributed by atoms with van der Waals surface area (Å²) in [5, 5.41) is 7.20. The number of fused-ring (bicyclic) bond motifs is 6. The second kappa shape index (κ2) is 6.35. The molecule has 2 aliphatic rings. The molecule has 0 bridgehead atoms. The Morgan fingerprint density at radius 3 is 1.90 bits per heavy atom. The number of hydrogen-bond acceptors (Lipinski definition) is 3. The van der Waals surface area contributed by atoms with Crippen molar-refractivity contribution < 1.29 is 0 Å². The van der Waals surface area contributed by atoms with Crippen LogP contribution in [-0.2, 0) is 0 Å². The minimum Gasteiger partial charge on any atom is -0.304 e. The van der Waals surface area contributed by atoms with Gasteiger partial charge in [-0.05, 0) is 23.3 Å². The predicted molar refractivity (Wildman–Crippen MR) is 120 cm³/mol. The Morgan fingerprint density at radius 2 is 1.10 bits per heavy atom. The molecular formula is C26H19N3. The number of hydrogen-bond donors (Lipinski definition) is 0. The van der Waals surface area contributed by atoms with Gasteiger partial charge < -0.3 is 4.90 Å². The molecule has 4 aromatic rings. The van der Waals surface area contributed by atoms with E-state index in [4.69, 9.17) is 5.10 Å². The third-order valence-corrected chi connectivity index (χ3v) is 5.67. The molecule has 2 heterocycles. The van der Waals surface area contributed by atoms with E-state index < -0.39 is 0 Å². The van der Waals surface area contributed by atoms with E-state index >= 15 is 0 Å². The quantitative estimate of drug-likeness (QED) is 0.430. The zero-order valence-corrected chi connectivity index (χ0v) is 15.9. The van der Waals surface area contributed by atoms with Gasteiger partial charge >= 0.3 is 0 Å². The Hall–Kier alpha value is -3.85. The van der Waals surface area contributed by atoms with Gasteiger partial charge in [0.05, 0.1) is 11.4 Å². The van der Waals surface area contributed by atoms with E-state index in [0.717, 1.165) is 11.5 Å². The molecule has 4 aromatic carbocycles. The Balaban J connectivity index is 1.51. The lowest BCUT2D eigenvalue weighted by molar-refractivity contribution is 0.913. The highest BCUT2D eigenvalue weighted by Gasteiger charge is 2.34. The van der Waals surface area contributed by atoms with E-state index in [1.165, 1.54) is 33.5 Å². The standard InChI is InChI=1S/C26H19N3/c1-2-10-19(11-3-1)20-12-6-9-17-25(20)29-18-28-24-16-8-7-14-22(24)21-13-4-5-15-23(21)26(28)27-29/h1-17H,18H2. The highest BCUT2D eigenvalue weighted by Crippen LogP contribution is 2.42. The van der Waals surface area contributed by atoms with Gasteiger partial charge in [0, 0.05) is 16.7 Å². The summed E-state index contributed by atoms with van der Waals surface area (Å²) in [5.41, 5.74) is 8.43. The minimum atomic E-state index is 0.699. The molecule has 0 N–H and O–H groups in total. The SMILES string of the molecule is c1ccc(-c2ccccc2N2CN3C(=N2)c2ccccc2-c2ccccc23)cc1. The molecule has 0 fully saturated rings. The monoisotopic (exact) mass is 373 g/mol. The van der Waals surface area contributed by atoms with Crippen LogP contribution in [0.5, 0.6) is 0 Å². The first-order valence-electron chi connectivity index (χ1n) is 9.87. The smallest absolute Gasteiger partial charge is 0.163 e. The zero-order chi connectivity index (χ0) is 19.2. The normalized spacial score (nSPS) is 14.1. The Labute approximate surface area is 170 Å². The van der Waals surface area contributed by atoms with Crippen molar-refractivity contribution in [3.05, 3.63) is 109 Å². The highest BCUT2D eigenvalue weighted by molar-refractivity contribution is 6.20. The molecule has 0 atom stereocenters. The molecular weight excluding hydrogens is 354 g/mol. The van der Waals surface area contributed by atoms with Crippen LogP contribution >= 0.6 is 0 Å². The Morgan fingerprint density at radius 1 is 0.517 bits per heavy atom. The maximum atomic E-state index is 5.08. The van der Waals surface area contributed by atoms with Crippen LogP contribution in [0.25, 0.3) is 22.3 Å². The lowest BCUT2D eigenvalue weighted by Crippen LogP contribution is -2.34. The summed E-state index contributed by atoms with van der Waals surface area (Å²) in [5.74, 6) is 1.02. The molecule has 0 saturated carbocycles. The number of para-hydroxylation sites is 2. The predicted octanol–water partition coefficient (Wildman–Crippen LogP) is 5.98. The summed E-state index contributed by atoms with van der Waals surface area (Å²) in [7, 11) is 0. The highest BCUT2D eigenvalue weighted by atomic mass is 15.6. The molecule has 3 heteroatoms. The summed E-state index contributed by atoms with van der Waals surface area (Å²) in [6.07, 6.45) is 0. The van der Waals surface area contributed by atoms with Crippen molar-refractivity contribution in [2.45, 2.75) is 0 Å². The average Bonchev–Trinajstić information content (AvgIpc) is 3.26. The van der Waals surface area contributed by atoms with Crippen LogP contribution in [0.3, 0.4) is 0 Å². The number of anilines is 2. The van der Waals surface area contributed by atoms with E-state index in [2.05, 4.69) is 113 Å². The molecule has 0 aliphatic carbocycles. The molecule has 0 radical (unpaired) electrons. The number of benzene rings is 4. The average molecular weight is 373 g/mol. The first-order valence-corrected chi connectivity index (χ1v) is 9.87. The fourth-order valence-electron chi connectivity index (χ4n) is 4.33. The minimum absolute atomic E-state index is 0.699. The van der Waals surface area contributed by atoms with Crippen molar-refractivity contribution in [1.82, 2.24) is 0 Å². The van der Waals surface area contributed by atoms with Crippen molar-refractivity contribution >= 4 is 17.2 Å². The third-order valence-electron chi connectivity index (χ3n) is 5.67. The first-order chi connectivity index (χ1) is 14.4. The van der Waals surface area contributed by atoms with Gasteiger partial charge in [-0.3, -0.25) is 0 Å². The van der Waals surface area contributed by atoms with Gasteiger partial charge in [-0.15, -0.1) is 0 Å². The van der Waals surface area contributed by atoms with Crippen LogP contribution in [0.2, 0.25) is 0 Å². The first kappa shape index (κ1) is 16.1. The summed E-state index contributed by atoms with van der Waals surface area (Å²) in [4.78, 5) is 2.32. The second-order valence-corrected chi connectivity index (χ2v) is 7.34. The van der Waals surface area contributed by atoms with Crippen molar-refractivity contribution in [3.63, 3.8) is 0 Å². The Bertz CT molecular complexity index is 1240. The fraction of sp³-hybridized carbons (Fsp3) is 0.0385. The summed E-state index contributed by atoms with van der Waals surface area (Å²) >= 11 is 0. The van der Waals surface area contributed by atoms with Gasteiger partial charge in [-0.2, -0.15) is 5.10 Å². The van der Waals surface area contributed by atoms with Crippen LogP contribution in [0.4, 0.5) is 11.4 Å².